The highest BCUT2D eigenvalue weighted by atomic mass is 127. The molecule has 148 valence electrons. The number of rotatable bonds is 6. The van der Waals surface area contributed by atoms with E-state index in [1.54, 1.807) is 18.4 Å². The summed E-state index contributed by atoms with van der Waals surface area (Å²) in [4.78, 5) is 8.97. The van der Waals surface area contributed by atoms with Crippen molar-refractivity contribution in [2.24, 2.45) is 4.99 Å². The number of hydrogen-bond acceptors (Lipinski definition) is 3. The highest BCUT2D eigenvalue weighted by Crippen LogP contribution is 2.18. The fourth-order valence-electron chi connectivity index (χ4n) is 2.43. The highest BCUT2D eigenvalue weighted by molar-refractivity contribution is 14.0. The largest absolute Gasteiger partial charge is 0.444 e. The second-order valence-corrected chi connectivity index (χ2v) is 6.21. The lowest BCUT2D eigenvalue weighted by Crippen LogP contribution is -2.36. The number of aromatic nitrogens is 1. The first-order chi connectivity index (χ1) is 13.2. The molecule has 0 aliphatic carbocycles. The molecule has 2 N–H and O–H groups in total. The normalized spacial score (nSPS) is 11.0. The fraction of sp³-hybridized carbons (Fsp3) is 0.200. The molecule has 1 heterocycles. The number of benzene rings is 2. The maximum absolute atomic E-state index is 13.2. The van der Waals surface area contributed by atoms with Crippen molar-refractivity contribution in [2.75, 3.05) is 6.54 Å². The van der Waals surface area contributed by atoms with Gasteiger partial charge in [-0.3, -0.25) is 0 Å². The number of hydrogen-bond donors (Lipinski definition) is 2. The van der Waals surface area contributed by atoms with E-state index in [-0.39, 0.29) is 29.0 Å². The summed E-state index contributed by atoms with van der Waals surface area (Å²) >= 11 is 5.81. The zero-order valence-electron chi connectivity index (χ0n) is 15.3. The fourth-order valence-corrected chi connectivity index (χ4v) is 2.63. The van der Waals surface area contributed by atoms with Crippen molar-refractivity contribution in [1.29, 1.82) is 0 Å². The molecule has 0 radical (unpaired) electrons. The zero-order valence-corrected chi connectivity index (χ0v) is 18.4. The Bertz CT molecular complexity index is 918. The van der Waals surface area contributed by atoms with Crippen LogP contribution < -0.4 is 10.6 Å². The molecule has 3 aromatic rings. The van der Waals surface area contributed by atoms with Crippen molar-refractivity contribution in [3.05, 3.63) is 76.9 Å². The Morgan fingerprint density at radius 1 is 1.18 bits per heavy atom. The Hall–Kier alpha value is -2.13. The van der Waals surface area contributed by atoms with E-state index in [1.165, 1.54) is 6.07 Å². The number of guanidine groups is 1. The minimum atomic E-state index is -0.435. The average molecular weight is 515 g/mol. The summed E-state index contributed by atoms with van der Waals surface area (Å²) in [7, 11) is 0. The number of aliphatic imine (C=N–C) groups is 1. The molecular weight excluding hydrogens is 494 g/mol. The molecule has 0 spiro atoms. The first-order valence-electron chi connectivity index (χ1n) is 8.61. The molecule has 3 rings (SSSR count). The van der Waals surface area contributed by atoms with E-state index in [2.05, 4.69) is 20.6 Å². The van der Waals surface area contributed by atoms with Gasteiger partial charge >= 0.3 is 0 Å². The average Bonchev–Trinajstić information content (AvgIpc) is 3.16. The van der Waals surface area contributed by atoms with Gasteiger partial charge in [0.2, 0.25) is 5.89 Å². The first kappa shape index (κ1) is 22.2. The van der Waals surface area contributed by atoms with Gasteiger partial charge in [0.1, 0.15) is 12.1 Å². The third kappa shape index (κ3) is 6.20. The molecule has 0 fully saturated rings. The second kappa shape index (κ2) is 11.0. The van der Waals surface area contributed by atoms with Gasteiger partial charge < -0.3 is 15.1 Å². The molecule has 0 saturated heterocycles. The Labute approximate surface area is 185 Å². The molecule has 0 amide bonds. The summed E-state index contributed by atoms with van der Waals surface area (Å²) in [5.74, 6) is 0.771. The van der Waals surface area contributed by atoms with Crippen LogP contribution in [0.3, 0.4) is 0 Å². The Kier molecular flexibility index (Phi) is 8.72. The zero-order chi connectivity index (χ0) is 19.1. The van der Waals surface area contributed by atoms with Crippen LogP contribution in [-0.4, -0.2) is 17.5 Å². The molecule has 8 heteroatoms. The van der Waals surface area contributed by atoms with Crippen LogP contribution in [0, 0.1) is 5.82 Å². The molecule has 0 atom stereocenters. The van der Waals surface area contributed by atoms with Crippen LogP contribution in [-0.2, 0) is 13.1 Å². The van der Waals surface area contributed by atoms with Gasteiger partial charge in [-0.2, -0.15) is 0 Å². The molecular formula is C20H21ClFIN4O. The smallest absolute Gasteiger partial charge is 0.226 e. The van der Waals surface area contributed by atoms with Crippen LogP contribution in [0.1, 0.15) is 18.2 Å². The highest BCUT2D eigenvalue weighted by Gasteiger charge is 2.07. The van der Waals surface area contributed by atoms with E-state index in [1.807, 2.05) is 37.3 Å². The predicted molar refractivity (Wildman–Crippen MR) is 120 cm³/mol. The van der Waals surface area contributed by atoms with Crippen molar-refractivity contribution in [3.63, 3.8) is 0 Å². The van der Waals surface area contributed by atoms with Crippen LogP contribution in [0.15, 0.2) is 64.2 Å². The van der Waals surface area contributed by atoms with Crippen LogP contribution in [0.25, 0.3) is 11.5 Å². The van der Waals surface area contributed by atoms with E-state index in [9.17, 15) is 4.39 Å². The monoisotopic (exact) mass is 514 g/mol. The molecule has 1 aromatic heterocycles. The molecule has 5 nitrogen and oxygen atoms in total. The lowest BCUT2D eigenvalue weighted by atomic mass is 10.2. The molecule has 2 aromatic carbocycles. The van der Waals surface area contributed by atoms with Gasteiger partial charge in [-0.15, -0.1) is 24.0 Å². The van der Waals surface area contributed by atoms with Crippen molar-refractivity contribution < 1.29 is 8.81 Å². The van der Waals surface area contributed by atoms with Crippen LogP contribution in [0.2, 0.25) is 5.02 Å². The van der Waals surface area contributed by atoms with Crippen molar-refractivity contribution in [2.45, 2.75) is 20.0 Å². The summed E-state index contributed by atoms with van der Waals surface area (Å²) in [5.41, 5.74) is 2.52. The quantitative estimate of drug-likeness (QED) is 0.276. The van der Waals surface area contributed by atoms with Crippen molar-refractivity contribution in [3.8, 4) is 11.5 Å². The van der Waals surface area contributed by atoms with Crippen LogP contribution >= 0.6 is 35.6 Å². The first-order valence-corrected chi connectivity index (χ1v) is 8.99. The minimum absolute atomic E-state index is 0. The third-order valence-corrected chi connectivity index (χ3v) is 4.05. The van der Waals surface area contributed by atoms with Gasteiger partial charge in [-0.05, 0) is 36.8 Å². The minimum Gasteiger partial charge on any atom is -0.444 e. The van der Waals surface area contributed by atoms with Gasteiger partial charge in [0.05, 0.1) is 23.8 Å². The summed E-state index contributed by atoms with van der Waals surface area (Å²) in [6.07, 6.45) is 1.62. The Morgan fingerprint density at radius 2 is 1.96 bits per heavy atom. The SMILES string of the molecule is CCNC(=NCc1ccc(F)c(Cl)c1)NCc1coc(-c2ccccc2)n1.I. The van der Waals surface area contributed by atoms with E-state index in [0.717, 1.165) is 16.8 Å². The number of oxazole rings is 1. The van der Waals surface area contributed by atoms with Crippen molar-refractivity contribution in [1.82, 2.24) is 15.6 Å². The van der Waals surface area contributed by atoms with E-state index < -0.39 is 5.82 Å². The van der Waals surface area contributed by atoms with Crippen LogP contribution in [0.4, 0.5) is 4.39 Å². The Balaban J connectivity index is 0.00000280. The van der Waals surface area contributed by atoms with E-state index in [4.69, 9.17) is 16.0 Å². The lowest BCUT2D eigenvalue weighted by Gasteiger charge is -2.10. The number of nitrogens with zero attached hydrogens (tertiary/aromatic N) is 2. The summed E-state index contributed by atoms with van der Waals surface area (Å²) in [6, 6.07) is 14.3. The van der Waals surface area contributed by atoms with Crippen LogP contribution in [0.5, 0.6) is 0 Å². The Morgan fingerprint density at radius 3 is 2.68 bits per heavy atom. The molecule has 28 heavy (non-hydrogen) atoms. The summed E-state index contributed by atoms with van der Waals surface area (Å²) in [5, 5.41) is 6.46. The second-order valence-electron chi connectivity index (χ2n) is 5.81. The molecule has 0 bridgehead atoms. The standard InChI is InChI=1S/C20H20ClFN4O.HI/c1-2-23-20(24-11-14-8-9-18(22)17(21)10-14)25-12-16-13-27-19(26-16)15-6-4-3-5-7-15;/h3-10,13H,2,11-12H2,1H3,(H2,23,24,25);1H. The summed E-state index contributed by atoms with van der Waals surface area (Å²) < 4.78 is 18.8. The molecule has 0 saturated carbocycles. The topological polar surface area (TPSA) is 62.5 Å². The number of halogens is 3. The maximum atomic E-state index is 13.2. The molecule has 0 aliphatic heterocycles. The molecule has 0 aliphatic rings. The third-order valence-electron chi connectivity index (χ3n) is 3.76. The van der Waals surface area contributed by atoms with Crippen molar-refractivity contribution >= 4 is 41.5 Å². The van der Waals surface area contributed by atoms with Gasteiger partial charge in [-0.1, -0.05) is 35.9 Å². The lowest BCUT2D eigenvalue weighted by molar-refractivity contribution is 0.572. The van der Waals surface area contributed by atoms with E-state index in [0.29, 0.717) is 31.5 Å². The van der Waals surface area contributed by atoms with Gasteiger partial charge in [0, 0.05) is 12.1 Å². The van der Waals surface area contributed by atoms with Gasteiger partial charge in [-0.25, -0.2) is 14.4 Å². The molecule has 0 unspecified atom stereocenters. The van der Waals surface area contributed by atoms with Gasteiger partial charge in [0.25, 0.3) is 0 Å². The maximum Gasteiger partial charge on any atom is 0.226 e. The van der Waals surface area contributed by atoms with E-state index >= 15 is 0 Å². The number of nitrogens with one attached hydrogen (secondary N) is 2. The van der Waals surface area contributed by atoms with Gasteiger partial charge in [0.15, 0.2) is 5.96 Å². The summed E-state index contributed by atoms with van der Waals surface area (Å²) in [6.45, 7) is 3.54. The predicted octanol–water partition coefficient (Wildman–Crippen LogP) is 5.01.